The number of rotatable bonds is 4. The predicted molar refractivity (Wildman–Crippen MR) is 150 cm³/mol. The minimum Gasteiger partial charge on any atom is -0.207 e. The van der Waals surface area contributed by atoms with Crippen molar-refractivity contribution in [2.24, 2.45) is 0 Å². The summed E-state index contributed by atoms with van der Waals surface area (Å²) in [6, 6.07) is 16.6. The summed E-state index contributed by atoms with van der Waals surface area (Å²) < 4.78 is 121. The van der Waals surface area contributed by atoms with Crippen LogP contribution in [0.2, 0.25) is 10.0 Å². The largest absolute Gasteiger partial charge is 0.416 e. The molecule has 0 saturated carbocycles. The van der Waals surface area contributed by atoms with Crippen LogP contribution in [0, 0.1) is 0 Å². The Balaban J connectivity index is 0.000000240. The molecule has 0 N–H and O–H groups in total. The number of hydrogen-bond donors (Lipinski definition) is 0. The highest BCUT2D eigenvalue weighted by Crippen LogP contribution is 2.39. The molecule has 16 heteroatoms. The Morgan fingerprint density at radius 2 is 0.762 bits per heavy atom. The highest BCUT2D eigenvalue weighted by atomic mass is 35.7. The number of hydrogen-bond acceptors (Lipinski definition) is 4. The molecule has 4 aromatic rings. The minimum atomic E-state index is -4.96. The molecule has 0 amide bonds. The topological polar surface area (TPSA) is 68.3 Å². The standard InChI is InChI=1S/C14H7ClF6O2S.C12H7Cl3O2S/c15-24(22,23)12-3-1-8(2-4-12)9-5-10(13(16,17)18)7-11(6-9)14(19,20)21;13-10-5-9(6-11(14)7-10)8-1-3-12(4-2-8)18(15,16)17/h1-7H;1-7H. The van der Waals surface area contributed by atoms with Gasteiger partial charge < -0.3 is 0 Å². The first-order valence-corrected chi connectivity index (χ1v) is 16.4. The normalized spacial score (nSPS) is 12.4. The van der Waals surface area contributed by atoms with Gasteiger partial charge in [0.1, 0.15) is 0 Å². The van der Waals surface area contributed by atoms with Crippen LogP contribution in [0.4, 0.5) is 26.3 Å². The van der Waals surface area contributed by atoms with E-state index in [1.54, 1.807) is 30.3 Å². The monoisotopic (exact) mass is 708 g/mol. The Kier molecular flexibility index (Phi) is 10.2. The van der Waals surface area contributed by atoms with Crippen molar-refractivity contribution in [3.8, 4) is 22.3 Å². The van der Waals surface area contributed by atoms with Crippen molar-refractivity contribution in [1.29, 1.82) is 0 Å². The number of alkyl halides is 6. The van der Waals surface area contributed by atoms with Crippen LogP contribution in [0.1, 0.15) is 11.1 Å². The lowest BCUT2D eigenvalue weighted by Gasteiger charge is -2.14. The molecule has 0 saturated heterocycles. The van der Waals surface area contributed by atoms with E-state index >= 15 is 0 Å². The molecule has 0 bridgehead atoms. The maximum absolute atomic E-state index is 12.8. The lowest BCUT2D eigenvalue weighted by atomic mass is 9.99. The van der Waals surface area contributed by atoms with Gasteiger partial charge >= 0.3 is 12.4 Å². The summed E-state index contributed by atoms with van der Waals surface area (Å²) >= 11 is 11.8. The highest BCUT2D eigenvalue weighted by Gasteiger charge is 2.37. The molecule has 0 aliphatic rings. The van der Waals surface area contributed by atoms with Crippen LogP contribution in [0.3, 0.4) is 0 Å². The van der Waals surface area contributed by atoms with Crippen molar-refractivity contribution in [3.05, 3.63) is 106 Å². The highest BCUT2D eigenvalue weighted by molar-refractivity contribution is 8.14. The van der Waals surface area contributed by atoms with E-state index in [0.717, 1.165) is 35.4 Å². The second-order valence-corrected chi connectivity index (χ2v) is 14.4. The second-order valence-electron chi connectivity index (χ2n) is 8.38. The lowest BCUT2D eigenvalue weighted by Crippen LogP contribution is -2.11. The molecular formula is C26H14Cl4F6O4S2. The molecule has 4 aromatic carbocycles. The van der Waals surface area contributed by atoms with Gasteiger partial charge in [-0.25, -0.2) is 16.8 Å². The summed E-state index contributed by atoms with van der Waals surface area (Å²) in [7, 11) is 2.59. The Hall–Kier alpha value is -2.48. The zero-order valence-corrected chi connectivity index (χ0v) is 25.0. The van der Waals surface area contributed by atoms with Gasteiger partial charge in [0, 0.05) is 31.4 Å². The van der Waals surface area contributed by atoms with E-state index in [4.69, 9.17) is 44.6 Å². The number of benzene rings is 4. The molecule has 0 atom stereocenters. The Morgan fingerprint density at radius 3 is 1.05 bits per heavy atom. The fourth-order valence-electron chi connectivity index (χ4n) is 3.46. The molecule has 0 fully saturated rings. The summed E-state index contributed by atoms with van der Waals surface area (Å²) in [6.07, 6.45) is -9.93. The molecule has 42 heavy (non-hydrogen) atoms. The van der Waals surface area contributed by atoms with E-state index in [-0.39, 0.29) is 27.0 Å². The van der Waals surface area contributed by atoms with Gasteiger partial charge in [-0.05, 0) is 82.9 Å². The molecule has 0 aliphatic carbocycles. The van der Waals surface area contributed by atoms with Crippen molar-refractivity contribution in [3.63, 3.8) is 0 Å². The fraction of sp³-hybridized carbons (Fsp3) is 0.0769. The van der Waals surface area contributed by atoms with Gasteiger partial charge in [0.15, 0.2) is 0 Å². The van der Waals surface area contributed by atoms with Crippen molar-refractivity contribution in [1.82, 2.24) is 0 Å². The molecular weight excluding hydrogens is 696 g/mol. The summed E-state index contributed by atoms with van der Waals surface area (Å²) in [5.41, 5.74) is -1.66. The second kappa shape index (κ2) is 12.6. The Labute approximate surface area is 255 Å². The third kappa shape index (κ3) is 9.26. The summed E-state index contributed by atoms with van der Waals surface area (Å²) in [6.45, 7) is 0. The van der Waals surface area contributed by atoms with E-state index in [9.17, 15) is 43.2 Å². The quantitative estimate of drug-likeness (QED) is 0.156. The molecule has 4 rings (SSSR count). The van der Waals surface area contributed by atoms with Crippen molar-refractivity contribution in [2.45, 2.75) is 22.1 Å². The van der Waals surface area contributed by atoms with E-state index in [1.807, 2.05) is 0 Å². The van der Waals surface area contributed by atoms with E-state index in [2.05, 4.69) is 0 Å². The van der Waals surface area contributed by atoms with Gasteiger partial charge in [-0.2, -0.15) is 26.3 Å². The Bertz CT molecular complexity index is 1760. The van der Waals surface area contributed by atoms with Gasteiger partial charge in [0.2, 0.25) is 0 Å². The summed E-state index contributed by atoms with van der Waals surface area (Å²) in [4.78, 5) is -0.267. The summed E-state index contributed by atoms with van der Waals surface area (Å²) in [5, 5.41) is 1.04. The zero-order valence-electron chi connectivity index (χ0n) is 20.3. The minimum absolute atomic E-state index is 0.0150. The van der Waals surface area contributed by atoms with Gasteiger partial charge in [-0.3, -0.25) is 0 Å². The van der Waals surface area contributed by atoms with Crippen LogP contribution in [0.25, 0.3) is 22.3 Å². The van der Waals surface area contributed by atoms with E-state index < -0.39 is 41.6 Å². The van der Waals surface area contributed by atoms with Crippen LogP contribution in [-0.4, -0.2) is 16.8 Å². The summed E-state index contributed by atoms with van der Waals surface area (Å²) in [5.74, 6) is 0. The van der Waals surface area contributed by atoms with E-state index in [1.165, 1.54) is 12.1 Å². The van der Waals surface area contributed by atoms with Gasteiger partial charge in [-0.15, -0.1) is 0 Å². The Morgan fingerprint density at radius 1 is 0.452 bits per heavy atom. The molecule has 0 aliphatic heterocycles. The van der Waals surface area contributed by atoms with Crippen molar-refractivity contribution >= 4 is 62.7 Å². The molecule has 4 nitrogen and oxygen atoms in total. The first-order valence-electron chi connectivity index (χ1n) is 11.0. The lowest BCUT2D eigenvalue weighted by molar-refractivity contribution is -0.143. The van der Waals surface area contributed by atoms with Crippen LogP contribution in [0.5, 0.6) is 0 Å². The van der Waals surface area contributed by atoms with E-state index in [0.29, 0.717) is 22.2 Å². The van der Waals surface area contributed by atoms with Gasteiger partial charge in [0.25, 0.3) is 18.1 Å². The molecule has 0 spiro atoms. The zero-order chi connectivity index (χ0) is 31.7. The number of halogens is 10. The molecule has 0 unspecified atom stereocenters. The van der Waals surface area contributed by atoms with Crippen molar-refractivity contribution < 1.29 is 43.2 Å². The molecule has 0 aromatic heterocycles. The van der Waals surface area contributed by atoms with Crippen molar-refractivity contribution in [2.75, 3.05) is 0 Å². The third-order valence-electron chi connectivity index (χ3n) is 5.39. The SMILES string of the molecule is O=S(=O)(Cl)c1ccc(-c2cc(C(F)(F)F)cc(C(F)(F)F)c2)cc1.O=S(=O)(Cl)c1ccc(-c2cc(Cl)cc(Cl)c2)cc1. The predicted octanol–water partition coefficient (Wildman–Crippen LogP) is 9.91. The maximum atomic E-state index is 12.8. The first-order chi connectivity index (χ1) is 19.1. The van der Waals surface area contributed by atoms with Crippen LogP contribution >= 0.6 is 44.6 Å². The first kappa shape index (κ1) is 34.0. The average molecular weight is 710 g/mol. The van der Waals surface area contributed by atoms with Crippen LogP contribution in [-0.2, 0) is 30.5 Å². The third-order valence-corrected chi connectivity index (χ3v) is 8.56. The van der Waals surface area contributed by atoms with Crippen LogP contribution < -0.4 is 0 Å². The molecule has 224 valence electrons. The van der Waals surface area contributed by atoms with Gasteiger partial charge in [-0.1, -0.05) is 47.5 Å². The molecule has 0 heterocycles. The van der Waals surface area contributed by atoms with Gasteiger partial charge in [0.05, 0.1) is 20.9 Å². The fourth-order valence-corrected chi connectivity index (χ4v) is 5.53. The average Bonchev–Trinajstić information content (AvgIpc) is 2.86. The molecule has 0 radical (unpaired) electrons. The smallest absolute Gasteiger partial charge is 0.207 e. The van der Waals surface area contributed by atoms with Crippen LogP contribution in [0.15, 0.2) is 94.7 Å². The maximum Gasteiger partial charge on any atom is 0.416 e.